The Morgan fingerprint density at radius 3 is 2.43 bits per heavy atom. The number of carbonyl (C=O) groups excluding carboxylic acids is 1. The first-order chi connectivity index (χ1) is 13.5. The molecule has 0 spiro atoms. The van der Waals surface area contributed by atoms with E-state index in [1.165, 1.54) is 10.5 Å². The third kappa shape index (κ3) is 5.41. The summed E-state index contributed by atoms with van der Waals surface area (Å²) in [6, 6.07) is 18.3. The van der Waals surface area contributed by atoms with E-state index in [-0.39, 0.29) is 24.5 Å². The fraction of sp³-hybridized carbons (Fsp3) is 0.435. The summed E-state index contributed by atoms with van der Waals surface area (Å²) in [5.41, 5.74) is 8.77. The number of likely N-dealkylation sites (tertiary alicyclic amines) is 1. The van der Waals surface area contributed by atoms with Crippen molar-refractivity contribution in [2.75, 3.05) is 26.2 Å². The number of aryl methyl sites for hydroxylation is 1. The number of nitrogens with one attached hydrogen (secondary N) is 1. The fourth-order valence-corrected chi connectivity index (χ4v) is 3.99. The zero-order valence-electron chi connectivity index (χ0n) is 16.5. The number of primary amides is 1. The van der Waals surface area contributed by atoms with Crippen molar-refractivity contribution in [3.05, 3.63) is 71.3 Å². The lowest BCUT2D eigenvalue weighted by Crippen LogP contribution is -3.14. The lowest BCUT2D eigenvalue weighted by atomic mass is 9.96. The summed E-state index contributed by atoms with van der Waals surface area (Å²) in [7, 11) is 0. The van der Waals surface area contributed by atoms with Crippen molar-refractivity contribution in [1.29, 1.82) is 0 Å². The van der Waals surface area contributed by atoms with Gasteiger partial charge in [-0.15, -0.1) is 0 Å². The van der Waals surface area contributed by atoms with Gasteiger partial charge in [0.05, 0.1) is 19.7 Å². The summed E-state index contributed by atoms with van der Waals surface area (Å²) in [5, 5.41) is 10.6. The van der Waals surface area contributed by atoms with Crippen LogP contribution in [0.2, 0.25) is 0 Å². The van der Waals surface area contributed by atoms with Crippen molar-refractivity contribution in [3.63, 3.8) is 0 Å². The number of quaternary nitrogens is 1. The van der Waals surface area contributed by atoms with Crippen LogP contribution >= 0.6 is 0 Å². The second kappa shape index (κ2) is 9.82. The first-order valence-electron chi connectivity index (χ1n) is 10.1. The number of amides is 1. The molecule has 1 amide bonds. The number of ether oxygens (including phenoxy) is 1. The molecule has 0 saturated carbocycles. The Morgan fingerprint density at radius 2 is 1.79 bits per heavy atom. The lowest BCUT2D eigenvalue weighted by Gasteiger charge is -2.29. The molecule has 1 heterocycles. The highest BCUT2D eigenvalue weighted by molar-refractivity contribution is 5.76. The minimum Gasteiger partial charge on any atom is -0.385 e. The Bertz CT molecular complexity index is 757. The van der Waals surface area contributed by atoms with Crippen molar-refractivity contribution in [1.82, 2.24) is 0 Å². The molecule has 0 aliphatic carbocycles. The molecule has 0 aromatic heterocycles. The molecule has 5 heteroatoms. The van der Waals surface area contributed by atoms with Gasteiger partial charge in [0.25, 0.3) is 0 Å². The van der Waals surface area contributed by atoms with Crippen LogP contribution in [-0.2, 0) is 9.53 Å². The maximum absolute atomic E-state index is 11.3. The molecule has 0 bridgehead atoms. The summed E-state index contributed by atoms with van der Waals surface area (Å²) >= 11 is 0. The third-order valence-corrected chi connectivity index (χ3v) is 5.65. The van der Waals surface area contributed by atoms with Crippen LogP contribution in [0.15, 0.2) is 54.6 Å². The SMILES string of the molecule is Cc1ccccc1[C@@H](OC[C@H](O)C[NH+]1CCC(C(N)=O)CC1)c1ccccc1. The molecule has 5 nitrogen and oxygen atoms in total. The molecule has 150 valence electrons. The maximum atomic E-state index is 11.3. The van der Waals surface area contributed by atoms with Gasteiger partial charge in [0, 0.05) is 18.8 Å². The van der Waals surface area contributed by atoms with Gasteiger partial charge in [-0.3, -0.25) is 4.79 Å². The Morgan fingerprint density at radius 1 is 1.14 bits per heavy atom. The van der Waals surface area contributed by atoms with Gasteiger partial charge in [-0.25, -0.2) is 0 Å². The van der Waals surface area contributed by atoms with E-state index in [9.17, 15) is 9.90 Å². The minimum absolute atomic E-state index is 0.0133. The van der Waals surface area contributed by atoms with E-state index in [4.69, 9.17) is 10.5 Å². The predicted molar refractivity (Wildman–Crippen MR) is 109 cm³/mol. The van der Waals surface area contributed by atoms with Gasteiger partial charge in [-0.1, -0.05) is 54.6 Å². The van der Waals surface area contributed by atoms with E-state index in [1.54, 1.807) is 0 Å². The number of aliphatic hydroxyl groups excluding tert-OH is 1. The monoisotopic (exact) mass is 383 g/mol. The summed E-state index contributed by atoms with van der Waals surface area (Å²) in [4.78, 5) is 12.6. The van der Waals surface area contributed by atoms with Crippen LogP contribution in [0.1, 0.15) is 35.6 Å². The van der Waals surface area contributed by atoms with Gasteiger partial charge in [0.15, 0.2) is 0 Å². The minimum atomic E-state index is -0.546. The van der Waals surface area contributed by atoms with E-state index >= 15 is 0 Å². The Kier molecular flexibility index (Phi) is 7.20. The van der Waals surface area contributed by atoms with E-state index in [0.29, 0.717) is 6.54 Å². The smallest absolute Gasteiger partial charge is 0.220 e. The first kappa shape index (κ1) is 20.5. The molecule has 2 aromatic rings. The van der Waals surface area contributed by atoms with Crippen LogP contribution in [0, 0.1) is 12.8 Å². The number of carbonyl (C=O) groups is 1. The number of nitrogens with two attached hydrogens (primary N) is 1. The number of rotatable bonds is 8. The molecule has 4 N–H and O–H groups in total. The number of aliphatic hydroxyl groups is 1. The lowest BCUT2D eigenvalue weighted by molar-refractivity contribution is -0.908. The van der Waals surface area contributed by atoms with E-state index in [2.05, 4.69) is 31.2 Å². The van der Waals surface area contributed by atoms with Crippen molar-refractivity contribution < 1.29 is 19.5 Å². The van der Waals surface area contributed by atoms with Gasteiger partial charge in [0.1, 0.15) is 18.8 Å². The van der Waals surface area contributed by atoms with Crippen molar-refractivity contribution in [2.45, 2.75) is 32.0 Å². The number of hydrogen-bond acceptors (Lipinski definition) is 3. The second-order valence-corrected chi connectivity index (χ2v) is 7.77. The highest BCUT2D eigenvalue weighted by Gasteiger charge is 2.27. The fourth-order valence-electron chi connectivity index (χ4n) is 3.99. The van der Waals surface area contributed by atoms with E-state index in [1.807, 2.05) is 30.3 Å². The average Bonchev–Trinajstić information content (AvgIpc) is 2.70. The Balaban J connectivity index is 1.59. The molecule has 1 aliphatic heterocycles. The molecule has 0 unspecified atom stereocenters. The van der Waals surface area contributed by atoms with E-state index in [0.717, 1.165) is 37.1 Å². The zero-order valence-corrected chi connectivity index (χ0v) is 16.5. The van der Waals surface area contributed by atoms with Crippen LogP contribution in [0.5, 0.6) is 0 Å². The van der Waals surface area contributed by atoms with Gasteiger partial charge in [-0.05, 0) is 23.6 Å². The maximum Gasteiger partial charge on any atom is 0.220 e. The molecule has 28 heavy (non-hydrogen) atoms. The molecule has 1 fully saturated rings. The third-order valence-electron chi connectivity index (χ3n) is 5.65. The van der Waals surface area contributed by atoms with Crippen molar-refractivity contribution in [3.8, 4) is 0 Å². The van der Waals surface area contributed by atoms with Crippen molar-refractivity contribution in [2.24, 2.45) is 11.7 Å². The molecular formula is C23H31N2O3+. The number of piperidine rings is 1. The quantitative estimate of drug-likeness (QED) is 0.642. The van der Waals surface area contributed by atoms with Crippen LogP contribution in [0.25, 0.3) is 0 Å². The topological polar surface area (TPSA) is 77.0 Å². The molecular weight excluding hydrogens is 352 g/mol. The molecule has 1 aliphatic rings. The Labute approximate surface area is 167 Å². The predicted octanol–water partition coefficient (Wildman–Crippen LogP) is 1.24. The molecule has 1 saturated heterocycles. The highest BCUT2D eigenvalue weighted by Crippen LogP contribution is 2.28. The number of benzene rings is 2. The van der Waals surface area contributed by atoms with Crippen LogP contribution in [0.3, 0.4) is 0 Å². The van der Waals surface area contributed by atoms with Crippen LogP contribution in [0.4, 0.5) is 0 Å². The van der Waals surface area contributed by atoms with Crippen molar-refractivity contribution >= 4 is 5.91 Å². The van der Waals surface area contributed by atoms with Gasteiger partial charge < -0.3 is 20.5 Å². The van der Waals surface area contributed by atoms with E-state index < -0.39 is 6.10 Å². The van der Waals surface area contributed by atoms with Gasteiger partial charge >= 0.3 is 0 Å². The van der Waals surface area contributed by atoms with Gasteiger partial charge in [-0.2, -0.15) is 0 Å². The highest BCUT2D eigenvalue weighted by atomic mass is 16.5. The number of hydrogen-bond donors (Lipinski definition) is 3. The first-order valence-corrected chi connectivity index (χ1v) is 10.1. The summed E-state index contributed by atoms with van der Waals surface area (Å²) in [6.07, 6.45) is 0.852. The largest absolute Gasteiger partial charge is 0.385 e. The normalized spacial score (nSPS) is 21.8. The molecule has 2 atom stereocenters. The van der Waals surface area contributed by atoms with Gasteiger partial charge in [0.2, 0.25) is 5.91 Å². The summed E-state index contributed by atoms with van der Waals surface area (Å²) < 4.78 is 6.22. The molecule has 0 radical (unpaired) electrons. The van der Waals surface area contributed by atoms with Crippen LogP contribution < -0.4 is 10.6 Å². The molecule has 2 aromatic carbocycles. The summed E-state index contributed by atoms with van der Waals surface area (Å²) in [5.74, 6) is -0.215. The second-order valence-electron chi connectivity index (χ2n) is 7.77. The average molecular weight is 384 g/mol. The Hall–Kier alpha value is -2.21. The standard InChI is InChI=1S/C23H30N2O3/c1-17-7-5-6-10-21(17)22(18-8-3-2-4-9-18)28-16-20(26)15-25-13-11-19(12-14-25)23(24)27/h2-10,19-20,22,26H,11-16H2,1H3,(H2,24,27)/p+1/t20-,22+/m1/s1. The summed E-state index contributed by atoms with van der Waals surface area (Å²) in [6.45, 7) is 4.71. The molecule has 3 rings (SSSR count). The van der Waals surface area contributed by atoms with Crippen LogP contribution in [-0.4, -0.2) is 43.4 Å². The zero-order chi connectivity index (χ0) is 19.9.